The molecule has 4 aliphatic carbocycles. The number of ketones is 1. The van der Waals surface area contributed by atoms with Crippen molar-refractivity contribution in [3.8, 4) is 0 Å². The van der Waals surface area contributed by atoms with Gasteiger partial charge in [0.1, 0.15) is 28.1 Å². The van der Waals surface area contributed by atoms with E-state index >= 15 is 8.78 Å². The Kier molecular flexibility index (Phi) is 6.05. The lowest BCUT2D eigenvalue weighted by molar-refractivity contribution is -0.243. The number of alkyl halides is 2. The molecule has 0 spiro atoms. The van der Waals surface area contributed by atoms with Crippen LogP contribution in [0.3, 0.4) is 0 Å². The molecule has 36 heavy (non-hydrogen) atoms. The molecule has 4 fully saturated rings. The maximum atomic E-state index is 17.4. The predicted octanol–water partition coefficient (Wildman–Crippen LogP) is 3.56. The minimum absolute atomic E-state index is 0.00908. The summed E-state index contributed by atoms with van der Waals surface area (Å²) in [6.07, 6.45) is -1.96. The van der Waals surface area contributed by atoms with Crippen molar-refractivity contribution in [2.75, 3.05) is 6.61 Å². The molecule has 3 N–H and O–H groups in total. The number of carbonyl (C=O) groups is 2. The summed E-state index contributed by atoms with van der Waals surface area (Å²) < 4.78 is 45.9. The quantitative estimate of drug-likeness (QED) is 0.495. The van der Waals surface area contributed by atoms with Crippen molar-refractivity contribution in [3.05, 3.63) is 11.6 Å². The van der Waals surface area contributed by atoms with Gasteiger partial charge in [0, 0.05) is 29.8 Å². The highest BCUT2D eigenvalue weighted by Crippen LogP contribution is 2.75. The smallest absolute Gasteiger partial charge is 0.316 e. The molecule has 10 atom stereocenters. The van der Waals surface area contributed by atoms with E-state index in [1.54, 1.807) is 20.8 Å². The van der Waals surface area contributed by atoms with E-state index < -0.39 is 68.7 Å². The fraction of sp³-hybridized carbons (Fsp3) is 0.846. The summed E-state index contributed by atoms with van der Waals surface area (Å²) in [6.45, 7) is 6.66. The molecule has 3 saturated carbocycles. The molecule has 1 unspecified atom stereocenters. The third-order valence-corrected chi connectivity index (χ3v) is 11.8. The SMILES string of the molecule is CC1(C)O[C@@H]2C[C@H]3[C@@H]4C[C@H](F)C5=CC(=O)CC[C@]5(C)[C@@]4(F)[C@@H](O)C[C@]3(C)[C@]2(SC(CCO)C(=O)O)O1. The number of ether oxygens (including phenoxy) is 2. The Balaban J connectivity index is 1.61. The number of rotatable bonds is 5. The van der Waals surface area contributed by atoms with Gasteiger partial charge in [-0.3, -0.25) is 9.59 Å². The van der Waals surface area contributed by atoms with Gasteiger partial charge < -0.3 is 24.8 Å². The summed E-state index contributed by atoms with van der Waals surface area (Å²) in [4.78, 5) is 23.0. The number of allylic oxidation sites excluding steroid dienone is 1. The fourth-order valence-corrected chi connectivity index (χ4v) is 10.1. The molecule has 1 aliphatic heterocycles. The fourth-order valence-electron chi connectivity index (χ4n) is 8.33. The number of hydrogen-bond donors (Lipinski definition) is 3. The summed E-state index contributed by atoms with van der Waals surface area (Å²) >= 11 is 1.06. The van der Waals surface area contributed by atoms with Crippen LogP contribution < -0.4 is 0 Å². The normalized spacial score (nSPS) is 49.9. The van der Waals surface area contributed by atoms with Gasteiger partial charge >= 0.3 is 5.97 Å². The first-order chi connectivity index (χ1) is 16.6. The average molecular weight is 531 g/mol. The number of aliphatic hydroxyl groups excluding tert-OH is 2. The van der Waals surface area contributed by atoms with E-state index in [1.165, 1.54) is 6.08 Å². The van der Waals surface area contributed by atoms with E-state index in [1.807, 2.05) is 6.92 Å². The number of thioether (sulfide) groups is 1. The van der Waals surface area contributed by atoms with Crippen molar-refractivity contribution in [2.45, 2.75) is 106 Å². The molecule has 0 aromatic heterocycles. The molecule has 0 aromatic carbocycles. The highest BCUT2D eigenvalue weighted by Gasteiger charge is 2.79. The maximum absolute atomic E-state index is 17.4. The van der Waals surface area contributed by atoms with Gasteiger partial charge in [-0.25, -0.2) is 8.78 Å². The molecule has 0 amide bonds. The zero-order valence-electron chi connectivity index (χ0n) is 21.1. The number of aliphatic hydroxyl groups is 2. The zero-order chi connectivity index (χ0) is 26.5. The molecule has 202 valence electrons. The lowest BCUT2D eigenvalue weighted by Gasteiger charge is -2.64. The molecule has 5 rings (SSSR count). The van der Waals surface area contributed by atoms with Crippen LogP contribution in [0.1, 0.15) is 66.2 Å². The van der Waals surface area contributed by atoms with Gasteiger partial charge in [-0.15, -0.1) is 11.8 Å². The van der Waals surface area contributed by atoms with Crippen LogP contribution in [0.15, 0.2) is 11.6 Å². The van der Waals surface area contributed by atoms with Crippen molar-refractivity contribution in [2.24, 2.45) is 22.7 Å². The van der Waals surface area contributed by atoms with E-state index in [0.29, 0.717) is 6.42 Å². The monoisotopic (exact) mass is 530 g/mol. The Hall–Kier alpha value is -1.07. The minimum atomic E-state index is -2.15. The van der Waals surface area contributed by atoms with Crippen molar-refractivity contribution >= 4 is 23.5 Å². The summed E-state index contributed by atoms with van der Waals surface area (Å²) in [5, 5.41) is 29.9. The highest BCUT2D eigenvalue weighted by molar-refractivity contribution is 8.01. The van der Waals surface area contributed by atoms with Crippen molar-refractivity contribution in [3.63, 3.8) is 0 Å². The number of carboxylic acid groups (broad SMARTS) is 1. The van der Waals surface area contributed by atoms with Gasteiger partial charge in [0.25, 0.3) is 0 Å². The van der Waals surface area contributed by atoms with Crippen LogP contribution in [0, 0.1) is 22.7 Å². The Labute approximate surface area is 214 Å². The second-order valence-corrected chi connectivity index (χ2v) is 13.6. The summed E-state index contributed by atoms with van der Waals surface area (Å²) in [5.41, 5.74) is -4.25. The number of halogens is 2. The topological polar surface area (TPSA) is 113 Å². The molecule has 10 heteroatoms. The summed E-state index contributed by atoms with van der Waals surface area (Å²) in [7, 11) is 0. The van der Waals surface area contributed by atoms with E-state index in [-0.39, 0.29) is 50.1 Å². The van der Waals surface area contributed by atoms with Crippen LogP contribution >= 0.6 is 11.8 Å². The van der Waals surface area contributed by atoms with Crippen LogP contribution in [-0.2, 0) is 19.1 Å². The Morgan fingerprint density at radius 2 is 1.94 bits per heavy atom. The molecule has 5 aliphatic rings. The third-order valence-electron chi connectivity index (χ3n) is 9.91. The third kappa shape index (κ3) is 3.30. The molecular formula is C26H36F2O7S. The van der Waals surface area contributed by atoms with Gasteiger partial charge in [0.2, 0.25) is 0 Å². The van der Waals surface area contributed by atoms with Gasteiger partial charge in [-0.05, 0) is 63.5 Å². The second-order valence-electron chi connectivity index (χ2n) is 12.2. The van der Waals surface area contributed by atoms with Crippen molar-refractivity contribution in [1.29, 1.82) is 0 Å². The van der Waals surface area contributed by atoms with Crippen LogP contribution in [0.25, 0.3) is 0 Å². The number of aliphatic carboxylic acids is 1. The van der Waals surface area contributed by atoms with Crippen molar-refractivity contribution in [1.82, 2.24) is 0 Å². The molecule has 0 aromatic rings. The zero-order valence-corrected chi connectivity index (χ0v) is 21.9. The van der Waals surface area contributed by atoms with Gasteiger partial charge in [-0.1, -0.05) is 13.8 Å². The Morgan fingerprint density at radius 3 is 2.58 bits per heavy atom. The van der Waals surface area contributed by atoms with Gasteiger partial charge in [0.15, 0.2) is 11.6 Å². The van der Waals surface area contributed by atoms with Crippen LogP contribution in [0.2, 0.25) is 0 Å². The van der Waals surface area contributed by atoms with E-state index in [2.05, 4.69) is 0 Å². The maximum Gasteiger partial charge on any atom is 0.316 e. The number of hydrogen-bond acceptors (Lipinski definition) is 7. The first kappa shape index (κ1) is 26.5. The molecular weight excluding hydrogens is 494 g/mol. The molecule has 0 radical (unpaired) electrons. The number of carboxylic acids is 1. The number of fused-ring (bicyclic) bond motifs is 7. The molecule has 1 heterocycles. The summed E-state index contributed by atoms with van der Waals surface area (Å²) in [5.74, 6) is -3.67. The standard InChI is InChI=1S/C26H36F2O7S/c1-22(2)34-20-11-14-15-10-17(27)16-9-13(30)5-7-23(16,3)25(15,28)19(31)12-24(14,4)26(20,35-22)36-18(6-8-29)21(32)33/h9,14-15,17-20,29,31H,5-8,10-12H2,1-4H3,(H,32,33)/t14-,15-,17-,18?,19-,20+,23-,24-,25-,26-/m0/s1. The van der Waals surface area contributed by atoms with E-state index in [4.69, 9.17) is 9.47 Å². The molecule has 7 nitrogen and oxygen atoms in total. The lowest BCUT2D eigenvalue weighted by Crippen LogP contribution is -2.70. The first-order valence-corrected chi connectivity index (χ1v) is 13.7. The largest absolute Gasteiger partial charge is 0.480 e. The minimum Gasteiger partial charge on any atom is -0.480 e. The van der Waals surface area contributed by atoms with Crippen LogP contribution in [0.4, 0.5) is 8.78 Å². The Morgan fingerprint density at radius 1 is 1.25 bits per heavy atom. The number of carbonyl (C=O) groups excluding carboxylic acids is 1. The van der Waals surface area contributed by atoms with E-state index in [0.717, 1.165) is 11.8 Å². The average Bonchev–Trinajstić information content (AvgIpc) is 3.16. The highest BCUT2D eigenvalue weighted by atomic mass is 32.2. The van der Waals surface area contributed by atoms with Crippen molar-refractivity contribution < 1.29 is 43.2 Å². The van der Waals surface area contributed by atoms with Crippen LogP contribution in [0.5, 0.6) is 0 Å². The summed E-state index contributed by atoms with van der Waals surface area (Å²) in [6, 6.07) is 0. The van der Waals surface area contributed by atoms with Gasteiger partial charge in [-0.2, -0.15) is 0 Å². The molecule has 1 saturated heterocycles. The Bertz CT molecular complexity index is 1000. The van der Waals surface area contributed by atoms with E-state index in [9.17, 15) is 24.9 Å². The lowest BCUT2D eigenvalue weighted by atomic mass is 9.44. The molecule has 0 bridgehead atoms. The van der Waals surface area contributed by atoms with Crippen LogP contribution in [-0.4, -0.2) is 73.7 Å². The predicted molar refractivity (Wildman–Crippen MR) is 128 cm³/mol. The first-order valence-electron chi connectivity index (χ1n) is 12.8. The van der Waals surface area contributed by atoms with Gasteiger partial charge in [0.05, 0.1) is 6.10 Å². The second kappa shape index (κ2) is 8.21.